The highest BCUT2D eigenvalue weighted by Crippen LogP contribution is 2.24. The van der Waals surface area contributed by atoms with Crippen LogP contribution in [0.2, 0.25) is 5.02 Å². The van der Waals surface area contributed by atoms with Crippen molar-refractivity contribution in [2.24, 2.45) is 0 Å². The lowest BCUT2D eigenvalue weighted by atomic mass is 10.2. The molecular formula is C13H9BrClIN2O. The van der Waals surface area contributed by atoms with Gasteiger partial charge in [-0.1, -0.05) is 27.5 Å². The Balaban J connectivity index is 2.25. The van der Waals surface area contributed by atoms with Crippen LogP contribution in [0.4, 0.5) is 11.4 Å². The van der Waals surface area contributed by atoms with Gasteiger partial charge in [0.2, 0.25) is 0 Å². The average Bonchev–Trinajstić information content (AvgIpc) is 2.31. The zero-order valence-electron chi connectivity index (χ0n) is 9.58. The van der Waals surface area contributed by atoms with Crippen molar-refractivity contribution < 1.29 is 4.79 Å². The summed E-state index contributed by atoms with van der Waals surface area (Å²) in [7, 11) is 0. The molecule has 0 atom stereocenters. The molecule has 6 heteroatoms. The fraction of sp³-hybridized carbons (Fsp3) is 0. The van der Waals surface area contributed by atoms with E-state index in [-0.39, 0.29) is 5.91 Å². The molecule has 2 aromatic rings. The van der Waals surface area contributed by atoms with E-state index in [4.69, 9.17) is 17.3 Å². The number of nitrogens with two attached hydrogens (primary N) is 1. The van der Waals surface area contributed by atoms with Crippen molar-refractivity contribution in [1.82, 2.24) is 0 Å². The number of benzene rings is 2. The SMILES string of the molecule is Nc1cc(Br)cc(C(=O)Nc2ccc(Cl)cc2I)c1. The molecule has 2 rings (SSSR count). The molecule has 0 aliphatic heterocycles. The van der Waals surface area contributed by atoms with Crippen LogP contribution in [0.25, 0.3) is 0 Å². The topological polar surface area (TPSA) is 55.1 Å². The molecule has 0 radical (unpaired) electrons. The monoisotopic (exact) mass is 450 g/mol. The zero-order valence-corrected chi connectivity index (χ0v) is 14.1. The Morgan fingerprint density at radius 2 is 2.00 bits per heavy atom. The fourth-order valence-electron chi connectivity index (χ4n) is 1.53. The summed E-state index contributed by atoms with van der Waals surface area (Å²) >= 11 is 11.3. The second-order valence-electron chi connectivity index (χ2n) is 3.85. The third-order valence-electron chi connectivity index (χ3n) is 2.36. The van der Waals surface area contributed by atoms with Crippen molar-refractivity contribution in [3.8, 4) is 0 Å². The molecule has 3 N–H and O–H groups in total. The minimum absolute atomic E-state index is 0.215. The highest BCUT2D eigenvalue weighted by atomic mass is 127. The van der Waals surface area contributed by atoms with E-state index in [0.717, 1.165) is 8.04 Å². The van der Waals surface area contributed by atoms with Crippen LogP contribution in [0.3, 0.4) is 0 Å². The second kappa shape index (κ2) is 6.11. The van der Waals surface area contributed by atoms with Crippen molar-refractivity contribution in [2.75, 3.05) is 11.1 Å². The van der Waals surface area contributed by atoms with Gasteiger partial charge in [-0.25, -0.2) is 0 Å². The molecule has 0 aromatic heterocycles. The Labute approximate surface area is 137 Å². The van der Waals surface area contributed by atoms with Gasteiger partial charge in [-0.3, -0.25) is 4.79 Å². The van der Waals surface area contributed by atoms with Crippen LogP contribution in [-0.4, -0.2) is 5.91 Å². The first-order chi connectivity index (χ1) is 8.95. The molecule has 2 aromatic carbocycles. The molecule has 0 fully saturated rings. The van der Waals surface area contributed by atoms with Crippen molar-refractivity contribution in [1.29, 1.82) is 0 Å². The van der Waals surface area contributed by atoms with Crippen molar-refractivity contribution in [3.63, 3.8) is 0 Å². The van der Waals surface area contributed by atoms with Gasteiger partial charge < -0.3 is 11.1 Å². The Hall–Kier alpha value is -0.790. The fourth-order valence-corrected chi connectivity index (χ4v) is 3.05. The molecule has 0 aliphatic carbocycles. The lowest BCUT2D eigenvalue weighted by Crippen LogP contribution is -2.13. The van der Waals surface area contributed by atoms with Crippen LogP contribution >= 0.6 is 50.1 Å². The smallest absolute Gasteiger partial charge is 0.255 e. The molecule has 0 heterocycles. The number of nitrogen functional groups attached to an aromatic ring is 1. The van der Waals surface area contributed by atoms with Gasteiger partial charge in [0, 0.05) is 24.3 Å². The highest BCUT2D eigenvalue weighted by Gasteiger charge is 2.10. The number of halogens is 3. The summed E-state index contributed by atoms with van der Waals surface area (Å²) in [5, 5.41) is 3.46. The first-order valence-corrected chi connectivity index (χ1v) is 7.53. The standard InChI is InChI=1S/C13H9BrClIN2O/c14-8-3-7(4-10(17)5-8)13(19)18-12-2-1-9(15)6-11(12)16/h1-6H,17H2,(H,18,19). The van der Waals surface area contributed by atoms with Crippen LogP contribution in [-0.2, 0) is 0 Å². The molecule has 0 saturated heterocycles. The highest BCUT2D eigenvalue weighted by molar-refractivity contribution is 14.1. The van der Waals surface area contributed by atoms with Gasteiger partial charge >= 0.3 is 0 Å². The van der Waals surface area contributed by atoms with Gasteiger partial charge in [0.05, 0.1) is 5.69 Å². The number of nitrogens with one attached hydrogen (secondary N) is 1. The number of carbonyl (C=O) groups excluding carboxylic acids is 1. The minimum atomic E-state index is -0.215. The summed E-state index contributed by atoms with van der Waals surface area (Å²) in [4.78, 5) is 12.1. The van der Waals surface area contributed by atoms with Crippen molar-refractivity contribution >= 4 is 67.4 Å². The number of carbonyl (C=O) groups is 1. The molecule has 0 bridgehead atoms. The average molecular weight is 451 g/mol. The Morgan fingerprint density at radius 3 is 2.63 bits per heavy atom. The van der Waals surface area contributed by atoms with Crippen LogP contribution in [0.15, 0.2) is 40.9 Å². The normalized spacial score (nSPS) is 10.3. The van der Waals surface area contributed by atoms with E-state index >= 15 is 0 Å². The number of hydrogen-bond donors (Lipinski definition) is 2. The maximum absolute atomic E-state index is 12.1. The maximum Gasteiger partial charge on any atom is 0.255 e. The lowest BCUT2D eigenvalue weighted by molar-refractivity contribution is 0.102. The quantitative estimate of drug-likeness (QED) is 0.520. The summed E-state index contributed by atoms with van der Waals surface area (Å²) < 4.78 is 1.64. The summed E-state index contributed by atoms with van der Waals surface area (Å²) in [6, 6.07) is 10.4. The summed E-state index contributed by atoms with van der Waals surface area (Å²) in [6.07, 6.45) is 0. The first-order valence-electron chi connectivity index (χ1n) is 5.28. The van der Waals surface area contributed by atoms with Gasteiger partial charge in [-0.15, -0.1) is 0 Å². The third kappa shape index (κ3) is 3.84. The lowest BCUT2D eigenvalue weighted by Gasteiger charge is -2.08. The molecular weight excluding hydrogens is 442 g/mol. The van der Waals surface area contributed by atoms with Gasteiger partial charge in [0.1, 0.15) is 0 Å². The molecule has 0 unspecified atom stereocenters. The van der Waals surface area contributed by atoms with E-state index in [1.807, 2.05) is 0 Å². The third-order valence-corrected chi connectivity index (χ3v) is 3.95. The van der Waals surface area contributed by atoms with Crippen LogP contribution < -0.4 is 11.1 Å². The van der Waals surface area contributed by atoms with Crippen LogP contribution in [0, 0.1) is 3.57 Å². The molecule has 0 aliphatic rings. The van der Waals surface area contributed by atoms with Crippen molar-refractivity contribution in [2.45, 2.75) is 0 Å². The Morgan fingerprint density at radius 1 is 1.26 bits per heavy atom. The van der Waals surface area contributed by atoms with E-state index in [1.165, 1.54) is 0 Å². The van der Waals surface area contributed by atoms with Crippen molar-refractivity contribution in [3.05, 3.63) is 55.0 Å². The number of hydrogen-bond acceptors (Lipinski definition) is 2. The van der Waals surface area contributed by atoms with E-state index < -0.39 is 0 Å². The van der Waals surface area contributed by atoms with Crippen LogP contribution in [0.1, 0.15) is 10.4 Å². The van der Waals surface area contributed by atoms with Gasteiger partial charge in [0.15, 0.2) is 0 Å². The Kier molecular flexibility index (Phi) is 4.70. The van der Waals surface area contributed by atoms with Gasteiger partial charge in [0.25, 0.3) is 5.91 Å². The molecule has 0 saturated carbocycles. The number of amides is 1. The van der Waals surface area contributed by atoms with Gasteiger partial charge in [-0.05, 0) is 59.0 Å². The van der Waals surface area contributed by atoms with E-state index in [0.29, 0.717) is 22.0 Å². The summed E-state index contributed by atoms with van der Waals surface area (Å²) in [6.45, 7) is 0. The number of anilines is 2. The molecule has 0 spiro atoms. The summed E-state index contributed by atoms with van der Waals surface area (Å²) in [5.74, 6) is -0.215. The largest absolute Gasteiger partial charge is 0.399 e. The predicted molar refractivity (Wildman–Crippen MR) is 90.7 cm³/mol. The van der Waals surface area contributed by atoms with E-state index in [9.17, 15) is 4.79 Å². The maximum atomic E-state index is 12.1. The summed E-state index contributed by atoms with van der Waals surface area (Å²) in [5.41, 5.74) is 7.46. The predicted octanol–water partition coefficient (Wildman–Crippen LogP) is 4.54. The molecule has 3 nitrogen and oxygen atoms in total. The minimum Gasteiger partial charge on any atom is -0.399 e. The molecule has 19 heavy (non-hydrogen) atoms. The first kappa shape index (κ1) is 14.6. The Bertz CT molecular complexity index is 628. The zero-order chi connectivity index (χ0) is 14.0. The van der Waals surface area contributed by atoms with Crippen LogP contribution in [0.5, 0.6) is 0 Å². The number of rotatable bonds is 2. The van der Waals surface area contributed by atoms with Gasteiger partial charge in [-0.2, -0.15) is 0 Å². The second-order valence-corrected chi connectivity index (χ2v) is 6.37. The van der Waals surface area contributed by atoms with E-state index in [1.54, 1.807) is 36.4 Å². The molecule has 98 valence electrons. The van der Waals surface area contributed by atoms with E-state index in [2.05, 4.69) is 43.8 Å². The molecule has 1 amide bonds.